The normalized spacial score (nSPS) is 12.6. The summed E-state index contributed by atoms with van der Waals surface area (Å²) in [5.41, 5.74) is 7.51. The van der Waals surface area contributed by atoms with Gasteiger partial charge in [0.1, 0.15) is 11.6 Å². The zero-order valence-corrected chi connectivity index (χ0v) is 11.6. The molecule has 0 fully saturated rings. The van der Waals surface area contributed by atoms with Gasteiger partial charge in [0.15, 0.2) is 0 Å². The zero-order valence-electron chi connectivity index (χ0n) is 10.9. The molecule has 1 heterocycles. The van der Waals surface area contributed by atoms with Gasteiger partial charge in [0, 0.05) is 17.1 Å². The summed E-state index contributed by atoms with van der Waals surface area (Å²) in [4.78, 5) is 4.28. The van der Waals surface area contributed by atoms with Crippen LogP contribution in [0.25, 0.3) is 10.9 Å². The van der Waals surface area contributed by atoms with Crippen LogP contribution in [-0.2, 0) is 0 Å². The summed E-state index contributed by atoms with van der Waals surface area (Å²) < 4.78 is 27.4. The maximum atomic E-state index is 13.9. The maximum absolute atomic E-state index is 13.9. The molecule has 21 heavy (non-hydrogen) atoms. The molecule has 0 bridgehead atoms. The van der Waals surface area contributed by atoms with Gasteiger partial charge in [0.25, 0.3) is 0 Å². The number of pyridine rings is 1. The van der Waals surface area contributed by atoms with Gasteiger partial charge in [0.2, 0.25) is 0 Å². The van der Waals surface area contributed by atoms with E-state index in [0.717, 1.165) is 23.0 Å². The summed E-state index contributed by atoms with van der Waals surface area (Å²) >= 11 is 5.55. The molecule has 0 saturated heterocycles. The van der Waals surface area contributed by atoms with Crippen molar-refractivity contribution in [3.63, 3.8) is 0 Å². The molecule has 2 nitrogen and oxygen atoms in total. The zero-order chi connectivity index (χ0) is 15.0. The van der Waals surface area contributed by atoms with Gasteiger partial charge in [-0.15, -0.1) is 0 Å². The summed E-state index contributed by atoms with van der Waals surface area (Å²) in [7, 11) is 0. The highest BCUT2D eigenvalue weighted by molar-refractivity contribution is 6.30. The van der Waals surface area contributed by atoms with Crippen molar-refractivity contribution in [2.75, 3.05) is 0 Å². The lowest BCUT2D eigenvalue weighted by molar-refractivity contribution is 0.577. The Morgan fingerprint density at radius 2 is 1.81 bits per heavy atom. The first-order chi connectivity index (χ1) is 10.1. The SMILES string of the molecule is NC(c1cnc2ccccc2c1)c1cc(F)c(Cl)cc1F. The fourth-order valence-electron chi connectivity index (χ4n) is 2.21. The predicted octanol–water partition coefficient (Wildman–Crippen LogP) is 4.21. The van der Waals surface area contributed by atoms with Gasteiger partial charge in [0.05, 0.1) is 16.6 Å². The number of para-hydroxylation sites is 1. The van der Waals surface area contributed by atoms with Gasteiger partial charge in [-0.2, -0.15) is 0 Å². The molecule has 0 aliphatic rings. The van der Waals surface area contributed by atoms with Gasteiger partial charge in [-0.1, -0.05) is 29.8 Å². The first kappa shape index (κ1) is 13.9. The van der Waals surface area contributed by atoms with Crippen molar-refractivity contribution in [3.05, 3.63) is 76.4 Å². The summed E-state index contributed by atoms with van der Waals surface area (Å²) in [6, 6.07) is 10.5. The Hall–Kier alpha value is -2.04. The van der Waals surface area contributed by atoms with Crippen molar-refractivity contribution in [2.45, 2.75) is 6.04 Å². The van der Waals surface area contributed by atoms with Gasteiger partial charge < -0.3 is 5.73 Å². The molecular weight excluding hydrogens is 294 g/mol. The third-order valence-corrected chi connectivity index (χ3v) is 3.64. The van der Waals surface area contributed by atoms with Crippen LogP contribution in [-0.4, -0.2) is 4.98 Å². The molecule has 5 heteroatoms. The number of halogens is 3. The number of aromatic nitrogens is 1. The maximum Gasteiger partial charge on any atom is 0.142 e. The minimum atomic E-state index is -0.811. The first-order valence-corrected chi connectivity index (χ1v) is 6.69. The van der Waals surface area contributed by atoms with E-state index in [9.17, 15) is 8.78 Å². The highest BCUT2D eigenvalue weighted by atomic mass is 35.5. The van der Waals surface area contributed by atoms with Gasteiger partial charge >= 0.3 is 0 Å². The van der Waals surface area contributed by atoms with Crippen LogP contribution in [0.1, 0.15) is 17.2 Å². The number of nitrogens with zero attached hydrogens (tertiary/aromatic N) is 1. The lowest BCUT2D eigenvalue weighted by Gasteiger charge is -2.14. The Morgan fingerprint density at radius 3 is 2.62 bits per heavy atom. The van der Waals surface area contributed by atoms with Crippen LogP contribution in [0.2, 0.25) is 5.02 Å². The molecule has 106 valence electrons. The second-order valence-electron chi connectivity index (χ2n) is 4.73. The number of nitrogens with two attached hydrogens (primary N) is 1. The molecule has 0 spiro atoms. The lowest BCUT2D eigenvalue weighted by atomic mass is 9.99. The average molecular weight is 305 g/mol. The highest BCUT2D eigenvalue weighted by Crippen LogP contribution is 2.27. The third kappa shape index (κ3) is 2.60. The molecule has 2 N–H and O–H groups in total. The van der Waals surface area contributed by atoms with Crippen molar-refractivity contribution >= 4 is 22.5 Å². The molecule has 0 radical (unpaired) electrons. The standard InChI is InChI=1S/C16H11ClF2N2/c17-12-7-13(18)11(6-14(12)19)16(20)10-5-9-3-1-2-4-15(9)21-8-10/h1-8,16H,20H2. The Balaban J connectivity index is 2.07. The van der Waals surface area contributed by atoms with E-state index < -0.39 is 17.7 Å². The van der Waals surface area contributed by atoms with Crippen molar-refractivity contribution in [1.82, 2.24) is 4.98 Å². The molecular formula is C16H11ClF2N2. The molecule has 1 atom stereocenters. The molecule has 3 rings (SSSR count). The minimum absolute atomic E-state index is 0.0500. The summed E-state index contributed by atoms with van der Waals surface area (Å²) in [5, 5.41) is 0.625. The van der Waals surface area contributed by atoms with E-state index in [0.29, 0.717) is 5.56 Å². The quantitative estimate of drug-likeness (QED) is 0.720. The molecule has 1 unspecified atom stereocenters. The molecule has 0 saturated carbocycles. The van der Waals surface area contributed by atoms with Gasteiger partial charge in [-0.25, -0.2) is 8.78 Å². The molecule has 1 aromatic heterocycles. The van der Waals surface area contributed by atoms with E-state index in [2.05, 4.69) is 4.98 Å². The average Bonchev–Trinajstić information content (AvgIpc) is 2.50. The van der Waals surface area contributed by atoms with E-state index in [1.807, 2.05) is 30.3 Å². The molecule has 3 aromatic rings. The van der Waals surface area contributed by atoms with Crippen LogP contribution in [0, 0.1) is 11.6 Å². The van der Waals surface area contributed by atoms with E-state index in [4.69, 9.17) is 17.3 Å². The van der Waals surface area contributed by atoms with Gasteiger partial charge in [-0.3, -0.25) is 4.98 Å². The largest absolute Gasteiger partial charge is 0.320 e. The monoisotopic (exact) mass is 304 g/mol. The van der Waals surface area contributed by atoms with E-state index in [-0.39, 0.29) is 10.6 Å². The number of rotatable bonds is 2. The lowest BCUT2D eigenvalue weighted by Crippen LogP contribution is -2.14. The van der Waals surface area contributed by atoms with Crippen LogP contribution in [0.3, 0.4) is 0 Å². The molecule has 0 aliphatic heterocycles. The van der Waals surface area contributed by atoms with E-state index >= 15 is 0 Å². The van der Waals surface area contributed by atoms with Crippen LogP contribution in [0.4, 0.5) is 8.78 Å². The van der Waals surface area contributed by atoms with E-state index in [1.54, 1.807) is 6.20 Å². The fourth-order valence-corrected chi connectivity index (χ4v) is 2.36. The minimum Gasteiger partial charge on any atom is -0.320 e. The van der Waals surface area contributed by atoms with Crippen LogP contribution in [0.5, 0.6) is 0 Å². The van der Waals surface area contributed by atoms with Crippen LogP contribution < -0.4 is 5.73 Å². The number of benzene rings is 2. The third-order valence-electron chi connectivity index (χ3n) is 3.35. The van der Waals surface area contributed by atoms with Crippen LogP contribution in [0.15, 0.2) is 48.7 Å². The first-order valence-electron chi connectivity index (χ1n) is 6.31. The number of hydrogen-bond acceptors (Lipinski definition) is 2. The molecule has 0 amide bonds. The van der Waals surface area contributed by atoms with E-state index in [1.165, 1.54) is 0 Å². The smallest absolute Gasteiger partial charge is 0.142 e. The Kier molecular flexibility index (Phi) is 3.57. The Morgan fingerprint density at radius 1 is 1.05 bits per heavy atom. The predicted molar refractivity (Wildman–Crippen MR) is 79.1 cm³/mol. The van der Waals surface area contributed by atoms with Crippen molar-refractivity contribution in [1.29, 1.82) is 0 Å². The van der Waals surface area contributed by atoms with Crippen molar-refractivity contribution in [2.24, 2.45) is 5.73 Å². The fraction of sp³-hybridized carbons (Fsp3) is 0.0625. The Bertz CT molecular complexity index is 820. The summed E-state index contributed by atoms with van der Waals surface area (Å²) in [5.74, 6) is -1.33. The topological polar surface area (TPSA) is 38.9 Å². The number of fused-ring (bicyclic) bond motifs is 1. The summed E-state index contributed by atoms with van der Waals surface area (Å²) in [6.07, 6.45) is 1.57. The van der Waals surface area contributed by atoms with Crippen molar-refractivity contribution < 1.29 is 8.78 Å². The summed E-state index contributed by atoms with van der Waals surface area (Å²) in [6.45, 7) is 0. The van der Waals surface area contributed by atoms with Crippen molar-refractivity contribution in [3.8, 4) is 0 Å². The molecule has 0 aliphatic carbocycles. The number of hydrogen-bond donors (Lipinski definition) is 1. The molecule has 2 aromatic carbocycles. The second-order valence-corrected chi connectivity index (χ2v) is 5.13. The van der Waals surface area contributed by atoms with Crippen LogP contribution >= 0.6 is 11.6 Å². The second kappa shape index (κ2) is 5.39. The highest BCUT2D eigenvalue weighted by Gasteiger charge is 2.17. The Labute approximate surface area is 125 Å². The van der Waals surface area contributed by atoms with Gasteiger partial charge in [-0.05, 0) is 29.8 Å².